The minimum absolute atomic E-state index is 0.0456. The number of anilines is 1. The fraction of sp³-hybridized carbons (Fsp3) is 0.667. The molecule has 5 nitrogen and oxygen atoms in total. The van der Waals surface area contributed by atoms with Crippen molar-refractivity contribution in [2.45, 2.75) is 40.0 Å². The number of hydrogen-bond donors (Lipinski definition) is 2. The highest BCUT2D eigenvalue weighted by atomic mass is 32.1. The molecule has 0 spiro atoms. The van der Waals surface area contributed by atoms with Crippen LogP contribution in [0.5, 0.6) is 0 Å². The Bertz CT molecular complexity index is 702. The zero-order valence-electron chi connectivity index (χ0n) is 14.7. The molecule has 1 aliphatic rings. The lowest BCUT2D eigenvalue weighted by Gasteiger charge is -2.34. The first-order valence-electron chi connectivity index (χ1n) is 8.67. The normalized spacial score (nSPS) is 18.0. The van der Waals surface area contributed by atoms with Crippen LogP contribution in [0.2, 0.25) is 0 Å². The van der Waals surface area contributed by atoms with E-state index in [1.807, 2.05) is 4.90 Å². The lowest BCUT2D eigenvalue weighted by Crippen LogP contribution is -2.31. The van der Waals surface area contributed by atoms with Crippen LogP contribution in [0.3, 0.4) is 0 Å². The molecule has 0 fully saturated rings. The molecule has 0 radical (unpaired) electrons. The summed E-state index contributed by atoms with van der Waals surface area (Å²) in [5, 5.41) is 19.8. The van der Waals surface area contributed by atoms with Crippen LogP contribution in [0.25, 0.3) is 10.2 Å². The van der Waals surface area contributed by atoms with Crippen molar-refractivity contribution in [2.75, 3.05) is 31.2 Å². The Morgan fingerprint density at radius 3 is 2.54 bits per heavy atom. The largest absolute Gasteiger partial charge is 0.395 e. The molecule has 3 rings (SSSR count). The second kappa shape index (κ2) is 6.94. The van der Waals surface area contributed by atoms with Gasteiger partial charge in [0.1, 0.15) is 17.0 Å². The van der Waals surface area contributed by atoms with Gasteiger partial charge < -0.3 is 15.1 Å². The van der Waals surface area contributed by atoms with Crippen LogP contribution in [-0.4, -0.2) is 46.5 Å². The molecule has 2 aromatic rings. The van der Waals surface area contributed by atoms with Crippen LogP contribution in [0.1, 0.15) is 37.6 Å². The van der Waals surface area contributed by atoms with Crippen molar-refractivity contribution in [3.63, 3.8) is 0 Å². The van der Waals surface area contributed by atoms with Crippen LogP contribution in [0.15, 0.2) is 6.33 Å². The molecule has 1 aliphatic carbocycles. The SMILES string of the molecule is CC(C)(C)C1CCc2c(sc3ncnc(N(CCO)CCO)c23)C1. The van der Waals surface area contributed by atoms with Crippen molar-refractivity contribution in [1.29, 1.82) is 0 Å². The van der Waals surface area contributed by atoms with Crippen LogP contribution in [0.4, 0.5) is 5.82 Å². The molecule has 0 aromatic carbocycles. The number of hydrogen-bond acceptors (Lipinski definition) is 6. The quantitative estimate of drug-likeness (QED) is 0.868. The summed E-state index contributed by atoms with van der Waals surface area (Å²) in [5.41, 5.74) is 1.70. The monoisotopic (exact) mass is 349 g/mol. The van der Waals surface area contributed by atoms with Gasteiger partial charge in [-0.25, -0.2) is 9.97 Å². The van der Waals surface area contributed by atoms with Gasteiger partial charge in [0.15, 0.2) is 0 Å². The standard InChI is InChI=1S/C18H27N3O2S/c1-18(2,3)12-4-5-13-14(10-12)24-17-15(13)16(19-11-20-17)21(6-8-22)7-9-23/h11-12,22-23H,4-10H2,1-3H3. The van der Waals surface area contributed by atoms with Crippen LogP contribution < -0.4 is 4.90 Å². The first-order valence-corrected chi connectivity index (χ1v) is 9.49. The Kier molecular flexibility index (Phi) is 5.08. The first kappa shape index (κ1) is 17.6. The van der Waals surface area contributed by atoms with Gasteiger partial charge in [0.25, 0.3) is 0 Å². The average Bonchev–Trinajstić information content (AvgIpc) is 2.91. The Balaban J connectivity index is 2.04. The summed E-state index contributed by atoms with van der Waals surface area (Å²) in [6.45, 7) is 8.01. The van der Waals surface area contributed by atoms with Crippen molar-refractivity contribution in [3.05, 3.63) is 16.8 Å². The van der Waals surface area contributed by atoms with E-state index in [4.69, 9.17) is 0 Å². The number of aromatic nitrogens is 2. The number of rotatable bonds is 5. The maximum atomic E-state index is 9.35. The summed E-state index contributed by atoms with van der Waals surface area (Å²) >= 11 is 1.78. The van der Waals surface area contributed by atoms with Crippen molar-refractivity contribution < 1.29 is 10.2 Å². The fourth-order valence-corrected chi connectivity index (χ4v) is 4.90. The summed E-state index contributed by atoms with van der Waals surface area (Å²) in [5.74, 6) is 1.55. The van der Waals surface area contributed by atoms with Gasteiger partial charge in [-0.15, -0.1) is 11.3 Å². The summed E-state index contributed by atoms with van der Waals surface area (Å²) < 4.78 is 0. The van der Waals surface area contributed by atoms with Gasteiger partial charge in [0.05, 0.1) is 18.6 Å². The van der Waals surface area contributed by atoms with Gasteiger partial charge in [-0.3, -0.25) is 0 Å². The highest BCUT2D eigenvalue weighted by Gasteiger charge is 2.32. The molecule has 0 bridgehead atoms. The Morgan fingerprint density at radius 2 is 1.92 bits per heavy atom. The number of nitrogens with zero attached hydrogens (tertiary/aromatic N) is 3. The van der Waals surface area contributed by atoms with Gasteiger partial charge in [-0.05, 0) is 36.2 Å². The molecule has 24 heavy (non-hydrogen) atoms. The van der Waals surface area contributed by atoms with E-state index in [-0.39, 0.29) is 13.2 Å². The lowest BCUT2D eigenvalue weighted by atomic mass is 9.72. The van der Waals surface area contributed by atoms with Crippen molar-refractivity contribution >= 4 is 27.4 Å². The third kappa shape index (κ3) is 3.27. The van der Waals surface area contributed by atoms with E-state index in [1.54, 1.807) is 17.7 Å². The molecule has 6 heteroatoms. The third-order valence-electron chi connectivity index (χ3n) is 5.09. The van der Waals surface area contributed by atoms with Crippen LogP contribution in [0, 0.1) is 11.3 Å². The molecule has 2 N–H and O–H groups in total. The topological polar surface area (TPSA) is 69.5 Å². The maximum Gasteiger partial charge on any atom is 0.141 e. The van der Waals surface area contributed by atoms with Gasteiger partial charge in [-0.2, -0.15) is 0 Å². The van der Waals surface area contributed by atoms with E-state index < -0.39 is 0 Å². The molecule has 2 aromatic heterocycles. The molecule has 0 saturated heterocycles. The number of thiophene rings is 1. The predicted molar refractivity (Wildman–Crippen MR) is 98.8 cm³/mol. The highest BCUT2D eigenvalue weighted by molar-refractivity contribution is 7.19. The van der Waals surface area contributed by atoms with Crippen LogP contribution in [-0.2, 0) is 12.8 Å². The molecule has 132 valence electrons. The maximum absolute atomic E-state index is 9.35. The van der Waals surface area contributed by atoms with Crippen molar-refractivity contribution in [1.82, 2.24) is 9.97 Å². The third-order valence-corrected chi connectivity index (χ3v) is 6.25. The van der Waals surface area contributed by atoms with E-state index in [0.29, 0.717) is 24.4 Å². The molecular weight excluding hydrogens is 322 g/mol. The first-order chi connectivity index (χ1) is 11.5. The number of aliphatic hydroxyl groups is 2. The van der Waals surface area contributed by atoms with Crippen LogP contribution >= 0.6 is 11.3 Å². The summed E-state index contributed by atoms with van der Waals surface area (Å²) in [4.78, 5) is 13.4. The van der Waals surface area contributed by atoms with Gasteiger partial charge in [0.2, 0.25) is 0 Å². The minimum Gasteiger partial charge on any atom is -0.395 e. The molecule has 1 unspecified atom stereocenters. The smallest absolute Gasteiger partial charge is 0.141 e. The zero-order chi connectivity index (χ0) is 17.3. The van der Waals surface area contributed by atoms with E-state index in [2.05, 4.69) is 30.7 Å². The summed E-state index contributed by atoms with van der Waals surface area (Å²) in [7, 11) is 0. The zero-order valence-corrected chi connectivity index (χ0v) is 15.6. The van der Waals surface area contributed by atoms with E-state index in [0.717, 1.165) is 28.9 Å². The molecule has 0 aliphatic heterocycles. The van der Waals surface area contributed by atoms with E-state index in [9.17, 15) is 10.2 Å². The van der Waals surface area contributed by atoms with Crippen molar-refractivity contribution in [2.24, 2.45) is 11.3 Å². The molecule has 2 heterocycles. The number of aliphatic hydroxyl groups excluding tert-OH is 2. The summed E-state index contributed by atoms with van der Waals surface area (Å²) in [6.07, 6.45) is 4.96. The second-order valence-electron chi connectivity index (χ2n) is 7.62. The minimum atomic E-state index is 0.0456. The van der Waals surface area contributed by atoms with E-state index in [1.165, 1.54) is 16.9 Å². The predicted octanol–water partition coefficient (Wildman–Crippen LogP) is 2.63. The lowest BCUT2D eigenvalue weighted by molar-refractivity contribution is 0.218. The average molecular weight is 350 g/mol. The number of aryl methyl sites for hydroxylation is 1. The summed E-state index contributed by atoms with van der Waals surface area (Å²) in [6, 6.07) is 0. The van der Waals surface area contributed by atoms with E-state index >= 15 is 0 Å². The Hall–Kier alpha value is -1.24. The molecule has 1 atom stereocenters. The number of fused-ring (bicyclic) bond motifs is 3. The van der Waals surface area contributed by atoms with Crippen molar-refractivity contribution in [3.8, 4) is 0 Å². The fourth-order valence-electron chi connectivity index (χ4n) is 3.64. The molecule has 0 amide bonds. The second-order valence-corrected chi connectivity index (χ2v) is 8.70. The Morgan fingerprint density at radius 1 is 1.21 bits per heavy atom. The van der Waals surface area contributed by atoms with Gasteiger partial charge >= 0.3 is 0 Å². The van der Waals surface area contributed by atoms with Gasteiger partial charge in [0, 0.05) is 18.0 Å². The van der Waals surface area contributed by atoms with Gasteiger partial charge in [-0.1, -0.05) is 20.8 Å². The molecular formula is C18H27N3O2S. The highest BCUT2D eigenvalue weighted by Crippen LogP contribution is 2.44. The Labute approximate surface area is 147 Å². The molecule has 0 saturated carbocycles.